The third kappa shape index (κ3) is 5.94. The Hall–Kier alpha value is -1.44. The second-order valence-corrected chi connectivity index (χ2v) is 12.5. The first-order valence-electron chi connectivity index (χ1n) is 13.3. The van der Waals surface area contributed by atoms with E-state index in [0.29, 0.717) is 25.5 Å². The molecule has 0 heterocycles. The zero-order chi connectivity index (χ0) is 26.1. The van der Waals surface area contributed by atoms with Crippen LogP contribution in [0.15, 0.2) is 11.6 Å². The first-order valence-corrected chi connectivity index (χ1v) is 13.3. The standard InChI is InChI=1S/C28H47NO6/c1-17(30)14-25(33)35-23-10-11-28(5)20-9-8-19(15-24(32)34-13-12-29(6)7)18(2)26(20)21(31)16-22(28)27(23,3)4/h15,17-18,20-23,26,30-31H,8-14,16H2,1-7H3/b19-15+/t17?,18-,20-,21-,22-,23-,26-,28+/m0/s1. The second kappa shape index (κ2) is 10.9. The van der Waals surface area contributed by atoms with Crippen molar-refractivity contribution in [1.29, 1.82) is 0 Å². The van der Waals surface area contributed by atoms with Crippen LogP contribution in [-0.4, -0.2) is 72.6 Å². The van der Waals surface area contributed by atoms with Gasteiger partial charge in [-0.3, -0.25) is 4.79 Å². The molecule has 7 heteroatoms. The molecule has 0 aromatic heterocycles. The quantitative estimate of drug-likeness (QED) is 0.413. The van der Waals surface area contributed by atoms with Gasteiger partial charge in [0, 0.05) is 18.0 Å². The molecule has 0 radical (unpaired) electrons. The van der Waals surface area contributed by atoms with Crippen LogP contribution in [0.4, 0.5) is 0 Å². The van der Waals surface area contributed by atoms with Gasteiger partial charge in [-0.2, -0.15) is 0 Å². The Kier molecular flexibility index (Phi) is 8.76. The van der Waals surface area contributed by atoms with E-state index in [1.165, 1.54) is 0 Å². The molecule has 1 unspecified atom stereocenters. The fourth-order valence-electron chi connectivity index (χ4n) is 7.57. The number of esters is 2. The van der Waals surface area contributed by atoms with Crippen LogP contribution >= 0.6 is 0 Å². The molecule has 200 valence electrons. The van der Waals surface area contributed by atoms with Crippen molar-refractivity contribution in [1.82, 2.24) is 4.90 Å². The van der Waals surface area contributed by atoms with Crippen molar-refractivity contribution in [3.8, 4) is 0 Å². The number of hydrogen-bond donors (Lipinski definition) is 2. The van der Waals surface area contributed by atoms with Crippen LogP contribution in [0.3, 0.4) is 0 Å². The summed E-state index contributed by atoms with van der Waals surface area (Å²) in [6.07, 6.45) is 4.46. The normalized spacial score (nSPS) is 38.4. The lowest BCUT2D eigenvalue weighted by molar-refractivity contribution is -0.205. The maximum Gasteiger partial charge on any atom is 0.330 e. The molecule has 3 saturated carbocycles. The molecule has 0 spiro atoms. The average Bonchev–Trinajstić information content (AvgIpc) is 2.73. The van der Waals surface area contributed by atoms with Gasteiger partial charge in [0.2, 0.25) is 0 Å². The van der Waals surface area contributed by atoms with E-state index in [1.807, 2.05) is 19.0 Å². The van der Waals surface area contributed by atoms with E-state index in [1.54, 1.807) is 13.0 Å². The van der Waals surface area contributed by atoms with Crippen LogP contribution in [0.25, 0.3) is 0 Å². The molecule has 0 saturated heterocycles. The molecule has 3 fully saturated rings. The van der Waals surface area contributed by atoms with Crippen molar-refractivity contribution in [3.05, 3.63) is 11.6 Å². The summed E-state index contributed by atoms with van der Waals surface area (Å²) in [7, 11) is 3.89. The van der Waals surface area contributed by atoms with Crippen molar-refractivity contribution < 1.29 is 29.3 Å². The minimum Gasteiger partial charge on any atom is -0.462 e. The van der Waals surface area contributed by atoms with Gasteiger partial charge >= 0.3 is 11.9 Å². The van der Waals surface area contributed by atoms with E-state index in [2.05, 4.69) is 27.7 Å². The number of carbonyl (C=O) groups excluding carboxylic acids is 2. The number of ether oxygens (including phenoxy) is 2. The predicted octanol–water partition coefficient (Wildman–Crippen LogP) is 3.57. The van der Waals surface area contributed by atoms with E-state index in [0.717, 1.165) is 31.3 Å². The molecule has 7 nitrogen and oxygen atoms in total. The average molecular weight is 494 g/mol. The smallest absolute Gasteiger partial charge is 0.330 e. The number of carbonyl (C=O) groups is 2. The Morgan fingerprint density at radius 2 is 1.91 bits per heavy atom. The highest BCUT2D eigenvalue weighted by Crippen LogP contribution is 2.65. The zero-order valence-electron chi connectivity index (χ0n) is 22.8. The summed E-state index contributed by atoms with van der Waals surface area (Å²) >= 11 is 0. The van der Waals surface area contributed by atoms with Crippen molar-refractivity contribution in [2.45, 2.75) is 91.5 Å². The predicted molar refractivity (Wildman–Crippen MR) is 134 cm³/mol. The number of nitrogens with zero attached hydrogens (tertiary/aromatic N) is 1. The maximum atomic E-state index is 12.4. The lowest BCUT2D eigenvalue weighted by Gasteiger charge is -2.64. The van der Waals surface area contributed by atoms with Crippen LogP contribution in [0, 0.1) is 34.5 Å². The Morgan fingerprint density at radius 3 is 2.54 bits per heavy atom. The van der Waals surface area contributed by atoms with Gasteiger partial charge in [-0.1, -0.05) is 33.3 Å². The van der Waals surface area contributed by atoms with Gasteiger partial charge in [0.25, 0.3) is 0 Å². The third-order valence-electron chi connectivity index (χ3n) is 9.43. The molecule has 8 atom stereocenters. The first kappa shape index (κ1) is 28.1. The van der Waals surface area contributed by atoms with Crippen LogP contribution < -0.4 is 0 Å². The SMILES string of the molecule is CC(O)CC(=O)O[C@H]1CC[C@]2(C)[C@H]3CC/C(=C\C(=O)OCCN(C)C)[C@H](C)[C@@H]3[C@@H](O)C[C@H]2C1(C)C. The first-order chi connectivity index (χ1) is 16.3. The molecule has 0 aliphatic heterocycles. The molecule has 0 aromatic rings. The summed E-state index contributed by atoms with van der Waals surface area (Å²) in [6.45, 7) is 11.5. The Balaban J connectivity index is 1.75. The molecule has 35 heavy (non-hydrogen) atoms. The van der Waals surface area contributed by atoms with Crippen LogP contribution in [0.2, 0.25) is 0 Å². The second-order valence-electron chi connectivity index (χ2n) is 12.5. The molecule has 0 aromatic carbocycles. The van der Waals surface area contributed by atoms with Crippen LogP contribution in [-0.2, 0) is 19.1 Å². The highest BCUT2D eigenvalue weighted by molar-refractivity contribution is 5.83. The molecule has 2 N–H and O–H groups in total. The fourth-order valence-corrected chi connectivity index (χ4v) is 7.57. The number of aliphatic hydroxyl groups is 2. The van der Waals surface area contributed by atoms with Crippen molar-refractivity contribution in [3.63, 3.8) is 0 Å². The van der Waals surface area contributed by atoms with E-state index in [-0.39, 0.29) is 53.0 Å². The minimum absolute atomic E-state index is 0.00600. The number of aliphatic hydroxyl groups excluding tert-OH is 2. The summed E-state index contributed by atoms with van der Waals surface area (Å²) < 4.78 is 11.3. The van der Waals surface area contributed by atoms with Crippen molar-refractivity contribution >= 4 is 11.9 Å². The highest BCUT2D eigenvalue weighted by Gasteiger charge is 2.61. The van der Waals surface area contributed by atoms with Crippen molar-refractivity contribution in [2.24, 2.45) is 34.5 Å². The summed E-state index contributed by atoms with van der Waals surface area (Å²) in [5.41, 5.74) is 0.845. The van der Waals surface area contributed by atoms with Crippen LogP contribution in [0.1, 0.15) is 73.1 Å². The van der Waals surface area contributed by atoms with Crippen LogP contribution in [0.5, 0.6) is 0 Å². The third-order valence-corrected chi connectivity index (χ3v) is 9.43. The summed E-state index contributed by atoms with van der Waals surface area (Å²) in [5.74, 6) is 0.153. The number of likely N-dealkylation sites (N-methyl/N-ethyl adjacent to an activating group) is 1. The van der Waals surface area contributed by atoms with E-state index in [9.17, 15) is 19.8 Å². The van der Waals surface area contributed by atoms with E-state index < -0.39 is 12.2 Å². The van der Waals surface area contributed by atoms with Gasteiger partial charge in [0.1, 0.15) is 12.7 Å². The van der Waals surface area contributed by atoms with Gasteiger partial charge in [-0.25, -0.2) is 4.79 Å². The molecule has 0 amide bonds. The monoisotopic (exact) mass is 493 g/mol. The highest BCUT2D eigenvalue weighted by atomic mass is 16.5. The fraction of sp³-hybridized carbons (Fsp3) is 0.857. The molecule has 3 aliphatic carbocycles. The van der Waals surface area contributed by atoms with Crippen molar-refractivity contribution in [2.75, 3.05) is 27.2 Å². The number of fused-ring (bicyclic) bond motifs is 3. The minimum atomic E-state index is -0.715. The number of hydrogen-bond acceptors (Lipinski definition) is 7. The Morgan fingerprint density at radius 1 is 1.23 bits per heavy atom. The largest absolute Gasteiger partial charge is 0.462 e. The zero-order valence-corrected chi connectivity index (χ0v) is 22.8. The van der Waals surface area contributed by atoms with Gasteiger partial charge in [0.15, 0.2) is 0 Å². The topological polar surface area (TPSA) is 96.3 Å². The van der Waals surface area contributed by atoms with E-state index in [4.69, 9.17) is 9.47 Å². The summed E-state index contributed by atoms with van der Waals surface area (Å²) in [5, 5.41) is 21.0. The van der Waals surface area contributed by atoms with E-state index >= 15 is 0 Å². The van der Waals surface area contributed by atoms with Gasteiger partial charge in [-0.05, 0) is 82.2 Å². The molecule has 0 bridgehead atoms. The van der Waals surface area contributed by atoms with Gasteiger partial charge in [0.05, 0.1) is 18.6 Å². The Labute approximate surface area is 211 Å². The van der Waals surface area contributed by atoms with Gasteiger partial charge in [-0.15, -0.1) is 0 Å². The molecule has 3 rings (SSSR count). The summed E-state index contributed by atoms with van der Waals surface area (Å²) in [6, 6.07) is 0. The maximum absolute atomic E-state index is 12.4. The number of rotatable bonds is 7. The lowest BCUT2D eigenvalue weighted by atomic mass is 9.42. The molecular weight excluding hydrogens is 446 g/mol. The number of allylic oxidation sites excluding steroid dienone is 1. The summed E-state index contributed by atoms with van der Waals surface area (Å²) in [4.78, 5) is 26.7. The molecular formula is C28H47NO6. The Bertz CT molecular complexity index is 805. The molecule has 3 aliphatic rings. The lowest BCUT2D eigenvalue weighted by Crippen LogP contribution is -2.61. The van der Waals surface area contributed by atoms with Gasteiger partial charge < -0.3 is 24.6 Å².